The largest absolute Gasteiger partial charge is 0.349 e. The number of fused-ring (bicyclic) bond motifs is 1. The summed E-state index contributed by atoms with van der Waals surface area (Å²) < 4.78 is 52.7. The maximum atomic E-state index is 14.7. The van der Waals surface area contributed by atoms with Crippen LogP contribution in [-0.2, 0) is 43.2 Å². The van der Waals surface area contributed by atoms with E-state index in [-0.39, 0.29) is 36.7 Å². The summed E-state index contributed by atoms with van der Waals surface area (Å²) in [4.78, 5) is 49.5. The maximum Gasteiger partial charge on any atom is 0.349 e. The van der Waals surface area contributed by atoms with Crippen molar-refractivity contribution < 1.29 is 36.4 Å². The van der Waals surface area contributed by atoms with E-state index in [0.717, 1.165) is 30.5 Å². The van der Waals surface area contributed by atoms with Crippen molar-refractivity contribution in [3.8, 4) is 0 Å². The fourth-order valence-corrected chi connectivity index (χ4v) is 4.75. The lowest BCUT2D eigenvalue weighted by molar-refractivity contribution is -0.147. The number of benzene rings is 2. The zero-order valence-corrected chi connectivity index (χ0v) is 19.3. The molecule has 2 aliphatic rings. The van der Waals surface area contributed by atoms with Gasteiger partial charge in [0.15, 0.2) is 9.84 Å². The van der Waals surface area contributed by atoms with Crippen LogP contribution in [0.15, 0.2) is 47.4 Å². The van der Waals surface area contributed by atoms with Crippen LogP contribution in [0.3, 0.4) is 0 Å². The Morgan fingerprint density at radius 1 is 1.17 bits per heavy atom. The quantitative estimate of drug-likeness (QED) is 0.569. The molecule has 0 radical (unpaired) electrons. The Labute approximate surface area is 199 Å². The van der Waals surface area contributed by atoms with Gasteiger partial charge in [-0.05, 0) is 35.7 Å². The second-order valence-electron chi connectivity index (χ2n) is 8.45. The molecule has 0 aliphatic carbocycles. The van der Waals surface area contributed by atoms with Gasteiger partial charge in [0.1, 0.15) is 6.04 Å². The van der Waals surface area contributed by atoms with E-state index in [2.05, 4.69) is 10.6 Å². The Balaban J connectivity index is 1.45. The lowest BCUT2D eigenvalue weighted by Crippen LogP contribution is -2.52. The fourth-order valence-electron chi connectivity index (χ4n) is 4.08. The minimum Gasteiger partial charge on any atom is -0.346 e. The number of nitrogens with one attached hydrogen (secondary N) is 2. The van der Waals surface area contributed by atoms with Crippen LogP contribution < -0.4 is 10.6 Å². The van der Waals surface area contributed by atoms with Crippen molar-refractivity contribution in [3.63, 3.8) is 0 Å². The highest BCUT2D eigenvalue weighted by atomic mass is 32.2. The molecular formula is C23H21F2N3O6S. The summed E-state index contributed by atoms with van der Waals surface area (Å²) in [7, 11) is -3.73. The number of hydrogen-bond acceptors (Lipinski definition) is 6. The van der Waals surface area contributed by atoms with Gasteiger partial charge in [-0.15, -0.1) is 0 Å². The summed E-state index contributed by atoms with van der Waals surface area (Å²) in [5.74, 6) is -6.90. The number of nitrogens with zero attached hydrogens (tertiary/aromatic N) is 1. The van der Waals surface area contributed by atoms with Gasteiger partial charge in [0.25, 0.3) is 11.8 Å². The van der Waals surface area contributed by atoms with Gasteiger partial charge in [-0.25, -0.2) is 8.42 Å². The molecule has 4 rings (SSSR count). The Kier molecular flexibility index (Phi) is 6.18. The molecule has 1 fully saturated rings. The summed E-state index contributed by atoms with van der Waals surface area (Å²) in [5.41, 5.74) is 0.625. The SMILES string of the molecule is CS(=O)(=O)c1cccc(C(F)(F)C(=O)NCc2ccc3c(c2)CN([C@@H]2CCC(=O)NC2=O)C3=O)c1. The highest BCUT2D eigenvalue weighted by molar-refractivity contribution is 7.90. The number of halogens is 2. The van der Waals surface area contributed by atoms with Crippen LogP contribution in [0, 0.1) is 0 Å². The average Bonchev–Trinajstić information content (AvgIpc) is 3.12. The highest BCUT2D eigenvalue weighted by Gasteiger charge is 2.42. The van der Waals surface area contributed by atoms with E-state index in [1.165, 1.54) is 17.0 Å². The molecule has 0 spiro atoms. The zero-order chi connectivity index (χ0) is 25.5. The van der Waals surface area contributed by atoms with Crippen molar-refractivity contribution in [2.45, 2.75) is 42.8 Å². The van der Waals surface area contributed by atoms with E-state index < -0.39 is 45.1 Å². The number of sulfone groups is 1. The topological polar surface area (TPSA) is 130 Å². The maximum absolute atomic E-state index is 14.7. The van der Waals surface area contributed by atoms with Crippen LogP contribution in [0.5, 0.6) is 0 Å². The van der Waals surface area contributed by atoms with E-state index in [9.17, 15) is 36.4 Å². The molecule has 2 heterocycles. The molecule has 1 saturated heterocycles. The predicted molar refractivity (Wildman–Crippen MR) is 118 cm³/mol. The van der Waals surface area contributed by atoms with E-state index >= 15 is 0 Å². The van der Waals surface area contributed by atoms with E-state index in [4.69, 9.17) is 0 Å². The van der Waals surface area contributed by atoms with Crippen LogP contribution in [0.4, 0.5) is 8.78 Å². The number of alkyl halides is 2. The van der Waals surface area contributed by atoms with Gasteiger partial charge < -0.3 is 10.2 Å². The number of carbonyl (C=O) groups excluding carboxylic acids is 4. The summed E-state index contributed by atoms with van der Waals surface area (Å²) in [5, 5.41) is 4.36. The molecular weight excluding hydrogens is 484 g/mol. The number of rotatable bonds is 6. The number of carbonyl (C=O) groups is 4. The molecule has 2 aromatic rings. The molecule has 2 N–H and O–H groups in total. The molecule has 2 aliphatic heterocycles. The van der Waals surface area contributed by atoms with Crippen LogP contribution >= 0.6 is 0 Å². The van der Waals surface area contributed by atoms with Gasteiger partial charge in [0, 0.05) is 36.9 Å². The summed E-state index contributed by atoms with van der Waals surface area (Å²) in [6, 6.07) is 7.85. The molecule has 12 heteroatoms. The van der Waals surface area contributed by atoms with Gasteiger partial charge in [-0.2, -0.15) is 8.78 Å². The van der Waals surface area contributed by atoms with E-state index in [1.54, 1.807) is 6.07 Å². The number of imide groups is 1. The first-order valence-corrected chi connectivity index (χ1v) is 12.5. The summed E-state index contributed by atoms with van der Waals surface area (Å²) >= 11 is 0. The van der Waals surface area contributed by atoms with E-state index in [1.807, 2.05) is 0 Å². The molecule has 35 heavy (non-hydrogen) atoms. The molecule has 184 valence electrons. The molecule has 0 bridgehead atoms. The first kappa shape index (κ1) is 24.5. The predicted octanol–water partition coefficient (Wildman–Crippen LogP) is 1.26. The van der Waals surface area contributed by atoms with Crippen molar-refractivity contribution in [2.24, 2.45) is 0 Å². The summed E-state index contributed by atoms with van der Waals surface area (Å²) in [6.45, 7) is -0.156. The third kappa shape index (κ3) is 4.78. The molecule has 2 aromatic carbocycles. The second-order valence-corrected chi connectivity index (χ2v) is 10.5. The second kappa shape index (κ2) is 8.84. The molecule has 0 unspecified atom stereocenters. The van der Waals surface area contributed by atoms with Crippen molar-refractivity contribution in [1.29, 1.82) is 0 Å². The Bertz CT molecular complexity index is 1360. The molecule has 1 atom stereocenters. The van der Waals surface area contributed by atoms with Crippen LogP contribution in [0.1, 0.15) is 39.9 Å². The van der Waals surface area contributed by atoms with Gasteiger partial charge in [-0.3, -0.25) is 24.5 Å². The van der Waals surface area contributed by atoms with Gasteiger partial charge in [0.05, 0.1) is 4.90 Å². The van der Waals surface area contributed by atoms with Crippen LogP contribution in [0.25, 0.3) is 0 Å². The number of piperidine rings is 1. The third-order valence-corrected chi connectivity index (χ3v) is 7.06. The van der Waals surface area contributed by atoms with Crippen molar-refractivity contribution >= 4 is 33.5 Å². The third-order valence-electron chi connectivity index (χ3n) is 5.95. The first-order chi connectivity index (χ1) is 16.4. The molecule has 9 nitrogen and oxygen atoms in total. The minimum atomic E-state index is -3.98. The van der Waals surface area contributed by atoms with Crippen molar-refractivity contribution in [3.05, 3.63) is 64.7 Å². The standard InChI is InChI=1S/C23H21F2N3O6S/c1-35(33,34)16-4-2-3-15(10-16)23(24,25)22(32)26-11-13-5-6-17-14(9-13)12-28(21(17)31)18-7-8-19(29)27-20(18)30/h2-6,9-10,18H,7-8,11-12H2,1H3,(H,26,32)(H,27,29,30)/t18-/m1/s1. The Morgan fingerprint density at radius 2 is 1.91 bits per heavy atom. The Morgan fingerprint density at radius 3 is 2.60 bits per heavy atom. The van der Waals surface area contributed by atoms with E-state index in [0.29, 0.717) is 16.7 Å². The number of hydrogen-bond donors (Lipinski definition) is 2. The number of amides is 4. The lowest BCUT2D eigenvalue weighted by atomic mass is 10.0. The zero-order valence-electron chi connectivity index (χ0n) is 18.5. The minimum absolute atomic E-state index is 0.108. The molecule has 4 amide bonds. The summed E-state index contributed by atoms with van der Waals surface area (Å²) in [6.07, 6.45) is 1.21. The highest BCUT2D eigenvalue weighted by Crippen LogP contribution is 2.31. The average molecular weight is 505 g/mol. The smallest absolute Gasteiger partial charge is 0.346 e. The monoisotopic (exact) mass is 505 g/mol. The Hall–Kier alpha value is -3.67. The lowest BCUT2D eigenvalue weighted by Gasteiger charge is -2.29. The van der Waals surface area contributed by atoms with Crippen LogP contribution in [-0.4, -0.2) is 49.2 Å². The van der Waals surface area contributed by atoms with Gasteiger partial charge in [-0.1, -0.05) is 24.3 Å². The normalized spacial score (nSPS) is 18.3. The molecule has 0 aromatic heterocycles. The molecule has 0 saturated carbocycles. The van der Waals surface area contributed by atoms with Gasteiger partial charge in [0.2, 0.25) is 11.8 Å². The van der Waals surface area contributed by atoms with Crippen LogP contribution in [0.2, 0.25) is 0 Å². The first-order valence-electron chi connectivity index (χ1n) is 10.6. The van der Waals surface area contributed by atoms with Crippen molar-refractivity contribution in [2.75, 3.05) is 6.26 Å². The fraction of sp³-hybridized carbons (Fsp3) is 0.304. The van der Waals surface area contributed by atoms with Crippen molar-refractivity contribution in [1.82, 2.24) is 15.5 Å². The van der Waals surface area contributed by atoms with Gasteiger partial charge >= 0.3 is 5.92 Å².